The summed E-state index contributed by atoms with van der Waals surface area (Å²) < 4.78 is 34.0. The number of carboxylic acid groups (broad SMARTS) is 1. The van der Waals surface area contributed by atoms with Gasteiger partial charge in [0.15, 0.2) is 14.9 Å². The Morgan fingerprint density at radius 2 is 1.71 bits per heavy atom. The first-order chi connectivity index (χ1) is 16.1. The van der Waals surface area contributed by atoms with Crippen LogP contribution in [0.5, 0.6) is 0 Å². The van der Waals surface area contributed by atoms with Gasteiger partial charge in [0.1, 0.15) is 11.4 Å². The van der Waals surface area contributed by atoms with Crippen molar-refractivity contribution in [2.45, 2.75) is 80.9 Å². The van der Waals surface area contributed by atoms with E-state index in [4.69, 9.17) is 9.72 Å². The van der Waals surface area contributed by atoms with Crippen LogP contribution in [0.2, 0.25) is 0 Å². The van der Waals surface area contributed by atoms with E-state index >= 15 is 0 Å². The molecule has 0 aliphatic heterocycles. The van der Waals surface area contributed by atoms with E-state index in [1.54, 1.807) is 6.92 Å². The zero-order valence-corrected chi connectivity index (χ0v) is 20.8. The molecule has 0 atom stereocenters. The quantitative estimate of drug-likeness (QED) is 0.570. The lowest BCUT2D eigenvalue weighted by Gasteiger charge is -2.44. The van der Waals surface area contributed by atoms with Gasteiger partial charge in [-0.1, -0.05) is 30.3 Å². The number of sulfone groups is 1. The van der Waals surface area contributed by atoms with Crippen molar-refractivity contribution in [3.05, 3.63) is 47.4 Å². The molecule has 0 saturated heterocycles. The molecule has 3 aliphatic rings. The minimum Gasteiger partial charge on any atom is -0.481 e. The first-order valence-corrected chi connectivity index (χ1v) is 14.2. The number of aryl methyl sites for hydroxylation is 1. The van der Waals surface area contributed by atoms with Gasteiger partial charge in [0, 0.05) is 12.8 Å². The number of imidazole rings is 1. The molecule has 184 valence electrons. The van der Waals surface area contributed by atoms with Crippen LogP contribution in [0, 0.1) is 18.8 Å². The summed E-state index contributed by atoms with van der Waals surface area (Å²) >= 11 is 0. The van der Waals surface area contributed by atoms with Gasteiger partial charge >= 0.3 is 5.97 Å². The van der Waals surface area contributed by atoms with Gasteiger partial charge in [0.25, 0.3) is 0 Å². The number of aromatic nitrogens is 2. The second kappa shape index (κ2) is 8.48. The molecule has 0 amide bonds. The van der Waals surface area contributed by atoms with Gasteiger partial charge in [0.2, 0.25) is 0 Å². The van der Waals surface area contributed by atoms with E-state index in [0.717, 1.165) is 31.2 Å². The lowest BCUT2D eigenvalue weighted by atomic mass is 9.65. The number of aliphatic carboxylic acids is 1. The first kappa shape index (κ1) is 23.5. The highest BCUT2D eigenvalue weighted by Crippen LogP contribution is 2.51. The molecular weight excluding hydrogens is 452 g/mol. The molecular formula is C26H34N2O5S. The number of hydrogen-bond donors (Lipinski definition) is 1. The molecule has 2 aromatic rings. The molecule has 1 heterocycles. The Hall–Kier alpha value is -2.19. The summed E-state index contributed by atoms with van der Waals surface area (Å²) in [5.74, 6) is 0.840. The highest BCUT2D eigenvalue weighted by Gasteiger charge is 2.52. The van der Waals surface area contributed by atoms with Crippen molar-refractivity contribution in [1.29, 1.82) is 0 Å². The summed E-state index contributed by atoms with van der Waals surface area (Å²) in [6, 6.07) is 9.46. The third kappa shape index (κ3) is 4.31. The highest BCUT2D eigenvalue weighted by molar-refractivity contribution is 7.90. The van der Waals surface area contributed by atoms with Crippen molar-refractivity contribution in [1.82, 2.24) is 9.55 Å². The van der Waals surface area contributed by atoms with Crippen molar-refractivity contribution in [2.75, 3.05) is 12.9 Å². The molecule has 3 fully saturated rings. The van der Waals surface area contributed by atoms with Gasteiger partial charge < -0.3 is 14.4 Å². The Morgan fingerprint density at radius 3 is 2.24 bits per heavy atom. The largest absolute Gasteiger partial charge is 0.481 e. The van der Waals surface area contributed by atoms with Gasteiger partial charge in [-0.3, -0.25) is 4.79 Å². The molecule has 8 heteroatoms. The maximum Gasteiger partial charge on any atom is 0.314 e. The number of ether oxygens (including phenoxy) is 1. The summed E-state index contributed by atoms with van der Waals surface area (Å²) in [5, 5.41) is 10.6. The summed E-state index contributed by atoms with van der Waals surface area (Å²) in [7, 11) is -3.47. The maximum absolute atomic E-state index is 12.8. The topological polar surface area (TPSA) is 98.5 Å². The van der Waals surface area contributed by atoms with Crippen LogP contribution in [0.3, 0.4) is 0 Å². The fourth-order valence-corrected chi connectivity index (χ4v) is 6.70. The van der Waals surface area contributed by atoms with Gasteiger partial charge in [0.05, 0.1) is 17.7 Å². The van der Waals surface area contributed by atoms with Crippen LogP contribution in [0.15, 0.2) is 35.4 Å². The van der Waals surface area contributed by atoms with Crippen molar-refractivity contribution in [2.24, 2.45) is 11.8 Å². The van der Waals surface area contributed by atoms with Crippen LogP contribution < -0.4 is 0 Å². The first-order valence-electron chi connectivity index (χ1n) is 12.4. The minimum absolute atomic E-state index is 0.280. The SMILES string of the molecule is Cc1nc([C@]2(OCC3CC3)CC[C@](C(=O)O)(c3ccccc3)CC2)n(CC2CC2)c1S(C)(=O)=O. The number of carboxylic acids is 1. The van der Waals surface area contributed by atoms with Gasteiger partial charge in [-0.15, -0.1) is 0 Å². The fourth-order valence-electron chi connectivity index (χ4n) is 5.56. The minimum atomic E-state index is -3.47. The standard InChI is InChI=1S/C26H34N2O5S/c1-18-22(34(2,31)32)28(16-19-8-9-19)23(27-18)26(33-17-20-10-11-20)14-12-25(13-15-26,24(29)30)21-6-4-3-5-7-21/h3-7,19-20H,8-17H2,1-2H3,(H,29,30)/t25-,26+. The van der Waals surface area contributed by atoms with Crippen LogP contribution in [-0.4, -0.2) is 41.9 Å². The molecule has 0 spiro atoms. The van der Waals surface area contributed by atoms with Crippen LogP contribution in [0.4, 0.5) is 0 Å². The van der Waals surface area contributed by atoms with Crippen LogP contribution in [0.25, 0.3) is 0 Å². The Labute approximate surface area is 201 Å². The van der Waals surface area contributed by atoms with E-state index in [1.807, 2.05) is 34.9 Å². The molecule has 1 aromatic heterocycles. The molecule has 0 radical (unpaired) electrons. The van der Waals surface area contributed by atoms with Gasteiger partial charge in [-0.2, -0.15) is 0 Å². The Balaban J connectivity index is 1.56. The zero-order valence-electron chi connectivity index (χ0n) is 20.0. The number of rotatable bonds is 9. The summed E-state index contributed by atoms with van der Waals surface area (Å²) in [6.45, 7) is 2.98. The monoisotopic (exact) mass is 486 g/mol. The number of benzene rings is 1. The zero-order chi connectivity index (χ0) is 24.1. The Bertz CT molecular complexity index is 1170. The maximum atomic E-state index is 12.8. The highest BCUT2D eigenvalue weighted by atomic mass is 32.2. The molecule has 0 bridgehead atoms. The van der Waals surface area contributed by atoms with Crippen molar-refractivity contribution < 1.29 is 23.1 Å². The molecule has 5 rings (SSSR count). The van der Waals surface area contributed by atoms with Crippen LogP contribution in [0.1, 0.15) is 68.4 Å². The van der Waals surface area contributed by atoms with E-state index in [1.165, 1.54) is 6.26 Å². The third-order valence-electron chi connectivity index (χ3n) is 7.92. The Kier molecular flexibility index (Phi) is 5.88. The van der Waals surface area contributed by atoms with E-state index < -0.39 is 26.8 Å². The smallest absolute Gasteiger partial charge is 0.314 e. The van der Waals surface area contributed by atoms with Gasteiger partial charge in [-0.05, 0) is 75.7 Å². The normalized spacial score (nSPS) is 27.6. The molecule has 0 unspecified atom stereocenters. The number of carbonyl (C=O) groups is 1. The van der Waals surface area contributed by atoms with E-state index in [-0.39, 0.29) is 5.03 Å². The van der Waals surface area contributed by atoms with E-state index in [0.29, 0.717) is 62.2 Å². The number of hydrogen-bond acceptors (Lipinski definition) is 5. The lowest BCUT2D eigenvalue weighted by Crippen LogP contribution is -2.47. The van der Waals surface area contributed by atoms with Gasteiger partial charge in [-0.25, -0.2) is 13.4 Å². The molecule has 3 saturated carbocycles. The predicted octanol–water partition coefficient (Wildman–Crippen LogP) is 4.22. The van der Waals surface area contributed by atoms with E-state index in [9.17, 15) is 18.3 Å². The second-order valence-electron chi connectivity index (χ2n) is 10.7. The van der Waals surface area contributed by atoms with E-state index in [2.05, 4.69) is 0 Å². The van der Waals surface area contributed by atoms with Crippen molar-refractivity contribution >= 4 is 15.8 Å². The molecule has 3 aliphatic carbocycles. The average molecular weight is 487 g/mol. The lowest BCUT2D eigenvalue weighted by molar-refractivity contribution is -0.151. The summed E-state index contributed by atoms with van der Waals surface area (Å²) in [6.07, 6.45) is 7.52. The third-order valence-corrected chi connectivity index (χ3v) is 9.14. The van der Waals surface area contributed by atoms with Crippen molar-refractivity contribution in [3.8, 4) is 0 Å². The summed E-state index contributed by atoms with van der Waals surface area (Å²) in [5.41, 5.74) is -0.437. The van der Waals surface area contributed by atoms with Crippen LogP contribution in [-0.2, 0) is 36.9 Å². The predicted molar refractivity (Wildman–Crippen MR) is 127 cm³/mol. The average Bonchev–Trinajstić information content (AvgIpc) is 3.72. The Morgan fingerprint density at radius 1 is 1.09 bits per heavy atom. The summed E-state index contributed by atoms with van der Waals surface area (Å²) in [4.78, 5) is 17.4. The fraction of sp³-hybridized carbons (Fsp3) is 0.615. The number of nitrogens with zero attached hydrogens (tertiary/aromatic N) is 2. The molecule has 1 N–H and O–H groups in total. The molecule has 1 aromatic carbocycles. The van der Waals surface area contributed by atoms with Crippen molar-refractivity contribution in [3.63, 3.8) is 0 Å². The van der Waals surface area contributed by atoms with Crippen LogP contribution >= 0.6 is 0 Å². The second-order valence-corrected chi connectivity index (χ2v) is 12.6. The molecule has 7 nitrogen and oxygen atoms in total. The molecule has 34 heavy (non-hydrogen) atoms.